The van der Waals surface area contributed by atoms with E-state index >= 15 is 0 Å². The molecule has 6 heteroatoms. The van der Waals surface area contributed by atoms with E-state index in [1.807, 2.05) is 0 Å². The van der Waals surface area contributed by atoms with Gasteiger partial charge in [-0.05, 0) is 62.6 Å². The van der Waals surface area contributed by atoms with Gasteiger partial charge in [0.25, 0.3) is 0 Å². The third-order valence-corrected chi connectivity index (χ3v) is 5.20. The van der Waals surface area contributed by atoms with E-state index in [2.05, 4.69) is 78.0 Å². The van der Waals surface area contributed by atoms with Crippen molar-refractivity contribution in [2.24, 2.45) is 5.73 Å². The Hall–Kier alpha value is -1.21. The van der Waals surface area contributed by atoms with Crippen molar-refractivity contribution in [2.75, 3.05) is 13.1 Å². The number of halogens is 1. The number of nitrogens with one attached hydrogen (secondary N) is 1. The van der Waals surface area contributed by atoms with Crippen LogP contribution in [-0.4, -0.2) is 21.5 Å². The van der Waals surface area contributed by atoms with Crippen molar-refractivity contribution in [1.29, 1.82) is 0 Å². The Morgan fingerprint density at radius 2 is 1.88 bits per heavy atom. The SMILES string of the molecule is C/C=C(\C)c1ccc(Br)cc1.C=CC(=C)S(=O)(=O)NCCCCN. The highest BCUT2D eigenvalue weighted by Crippen LogP contribution is 2.16. The summed E-state index contributed by atoms with van der Waals surface area (Å²) in [7, 11) is -3.39. The van der Waals surface area contributed by atoms with Gasteiger partial charge in [0.1, 0.15) is 0 Å². The minimum Gasteiger partial charge on any atom is -0.330 e. The van der Waals surface area contributed by atoms with Crippen molar-refractivity contribution in [3.63, 3.8) is 0 Å². The molecule has 0 unspecified atom stereocenters. The Morgan fingerprint density at radius 1 is 1.29 bits per heavy atom. The average molecular weight is 415 g/mol. The molecule has 1 rings (SSSR count). The van der Waals surface area contributed by atoms with Crippen molar-refractivity contribution in [1.82, 2.24) is 4.72 Å². The number of hydrogen-bond acceptors (Lipinski definition) is 3. The van der Waals surface area contributed by atoms with Gasteiger partial charge in [-0.15, -0.1) is 0 Å². The van der Waals surface area contributed by atoms with Gasteiger partial charge in [-0.3, -0.25) is 0 Å². The smallest absolute Gasteiger partial charge is 0.239 e. The summed E-state index contributed by atoms with van der Waals surface area (Å²) in [5.74, 6) is 0. The molecule has 1 aromatic carbocycles. The highest BCUT2D eigenvalue weighted by molar-refractivity contribution is 9.10. The Balaban J connectivity index is 0.000000446. The van der Waals surface area contributed by atoms with E-state index < -0.39 is 10.0 Å². The monoisotopic (exact) mass is 414 g/mol. The normalized spacial score (nSPS) is 11.4. The zero-order chi connectivity index (χ0) is 18.6. The highest BCUT2D eigenvalue weighted by atomic mass is 79.9. The molecular formula is C18H27BrN2O2S. The lowest BCUT2D eigenvalue weighted by atomic mass is 10.1. The van der Waals surface area contributed by atoms with E-state index in [0.717, 1.165) is 17.3 Å². The predicted molar refractivity (Wildman–Crippen MR) is 108 cm³/mol. The van der Waals surface area contributed by atoms with Crippen LogP contribution in [0.15, 0.2) is 59.0 Å². The summed E-state index contributed by atoms with van der Waals surface area (Å²) in [4.78, 5) is 0.000230. The van der Waals surface area contributed by atoms with E-state index in [9.17, 15) is 8.42 Å². The minimum atomic E-state index is -3.39. The molecule has 0 aliphatic rings. The van der Waals surface area contributed by atoms with Crippen LogP contribution >= 0.6 is 15.9 Å². The molecule has 0 aliphatic heterocycles. The van der Waals surface area contributed by atoms with Crippen LogP contribution in [0.25, 0.3) is 5.57 Å². The number of benzene rings is 1. The molecule has 0 radical (unpaired) electrons. The van der Waals surface area contributed by atoms with Gasteiger partial charge in [0.2, 0.25) is 10.0 Å². The quantitative estimate of drug-likeness (QED) is 0.493. The molecule has 0 fully saturated rings. The fourth-order valence-corrected chi connectivity index (χ4v) is 2.64. The molecule has 134 valence electrons. The molecular weight excluding hydrogens is 388 g/mol. The predicted octanol–water partition coefficient (Wildman–Crippen LogP) is 4.22. The topological polar surface area (TPSA) is 72.2 Å². The first-order chi connectivity index (χ1) is 11.3. The molecule has 24 heavy (non-hydrogen) atoms. The third-order valence-electron chi connectivity index (χ3n) is 3.23. The number of nitrogens with two attached hydrogens (primary N) is 1. The Labute approximate surface area is 154 Å². The standard InChI is InChI=1S/C10H11Br.C8H16N2O2S/c1-3-8(2)9-4-6-10(11)7-5-9;1-3-8(2)13(11,12)10-7-5-4-6-9/h3-7H,1-2H3;3,10H,1-2,4-7,9H2/b8-3+;. The maximum atomic E-state index is 11.2. The molecule has 0 aromatic heterocycles. The second kappa shape index (κ2) is 12.2. The lowest BCUT2D eigenvalue weighted by Gasteiger charge is -2.04. The zero-order valence-electron chi connectivity index (χ0n) is 14.4. The molecule has 0 saturated carbocycles. The molecule has 1 aromatic rings. The molecule has 4 nitrogen and oxygen atoms in total. The summed E-state index contributed by atoms with van der Waals surface area (Å²) in [5, 5.41) is 0. The fourth-order valence-electron chi connectivity index (χ4n) is 1.56. The van der Waals surface area contributed by atoms with Crippen LogP contribution in [0.1, 0.15) is 32.3 Å². The number of sulfonamides is 1. The molecule has 0 saturated heterocycles. The fraction of sp³-hybridized carbons (Fsp3) is 0.333. The lowest BCUT2D eigenvalue weighted by molar-refractivity contribution is 0.584. The summed E-state index contributed by atoms with van der Waals surface area (Å²) in [5.41, 5.74) is 7.86. The van der Waals surface area contributed by atoms with Crippen LogP contribution in [0.5, 0.6) is 0 Å². The van der Waals surface area contributed by atoms with Gasteiger partial charge in [-0.1, -0.05) is 47.3 Å². The summed E-state index contributed by atoms with van der Waals surface area (Å²) < 4.78 is 25.9. The number of hydrogen-bond donors (Lipinski definition) is 2. The van der Waals surface area contributed by atoms with E-state index in [0.29, 0.717) is 13.1 Å². The molecule has 0 atom stereocenters. The molecule has 3 N–H and O–H groups in total. The van der Waals surface area contributed by atoms with Crippen molar-refractivity contribution >= 4 is 31.5 Å². The first-order valence-electron chi connectivity index (χ1n) is 7.68. The van der Waals surface area contributed by atoms with E-state index in [4.69, 9.17) is 5.73 Å². The Morgan fingerprint density at radius 3 is 2.33 bits per heavy atom. The summed E-state index contributed by atoms with van der Waals surface area (Å²) >= 11 is 3.40. The van der Waals surface area contributed by atoms with Gasteiger partial charge >= 0.3 is 0 Å². The van der Waals surface area contributed by atoms with Crippen molar-refractivity contribution < 1.29 is 8.42 Å². The van der Waals surface area contributed by atoms with E-state index in [1.165, 1.54) is 17.2 Å². The van der Waals surface area contributed by atoms with Gasteiger partial charge in [-0.25, -0.2) is 13.1 Å². The van der Waals surface area contributed by atoms with Crippen LogP contribution in [-0.2, 0) is 10.0 Å². The maximum Gasteiger partial charge on any atom is 0.239 e. The van der Waals surface area contributed by atoms with Crippen LogP contribution in [0.3, 0.4) is 0 Å². The number of rotatable bonds is 8. The van der Waals surface area contributed by atoms with Crippen LogP contribution in [0.4, 0.5) is 0 Å². The second-order valence-electron chi connectivity index (χ2n) is 5.04. The third kappa shape index (κ3) is 9.17. The van der Waals surface area contributed by atoms with E-state index in [1.54, 1.807) is 0 Å². The summed E-state index contributed by atoms with van der Waals surface area (Å²) in [6.07, 6.45) is 4.87. The van der Waals surface area contributed by atoms with Crippen LogP contribution in [0, 0.1) is 0 Å². The van der Waals surface area contributed by atoms with Crippen LogP contribution < -0.4 is 10.5 Å². The van der Waals surface area contributed by atoms with Gasteiger partial charge in [-0.2, -0.15) is 0 Å². The van der Waals surface area contributed by atoms with Gasteiger partial charge in [0, 0.05) is 11.0 Å². The number of allylic oxidation sites excluding steroid dienone is 3. The second-order valence-corrected chi connectivity index (χ2v) is 7.78. The van der Waals surface area contributed by atoms with Crippen LogP contribution in [0.2, 0.25) is 0 Å². The van der Waals surface area contributed by atoms with E-state index in [-0.39, 0.29) is 4.91 Å². The zero-order valence-corrected chi connectivity index (χ0v) is 16.8. The van der Waals surface area contributed by atoms with Gasteiger partial charge in [0.15, 0.2) is 0 Å². The summed E-state index contributed by atoms with van der Waals surface area (Å²) in [6.45, 7) is 11.8. The van der Waals surface area contributed by atoms with Gasteiger partial charge < -0.3 is 5.73 Å². The molecule has 0 heterocycles. The van der Waals surface area contributed by atoms with Crippen molar-refractivity contribution in [3.05, 3.63) is 64.5 Å². The van der Waals surface area contributed by atoms with Gasteiger partial charge in [0.05, 0.1) is 4.91 Å². The molecule has 0 amide bonds. The summed E-state index contributed by atoms with van der Waals surface area (Å²) in [6, 6.07) is 8.34. The molecule has 0 bridgehead atoms. The first kappa shape index (κ1) is 22.8. The van der Waals surface area contributed by atoms with Crippen molar-refractivity contribution in [2.45, 2.75) is 26.7 Å². The average Bonchev–Trinajstić information content (AvgIpc) is 2.58. The minimum absolute atomic E-state index is 0.000230. The lowest BCUT2D eigenvalue weighted by Crippen LogP contribution is -2.25. The largest absolute Gasteiger partial charge is 0.330 e. The maximum absolute atomic E-state index is 11.2. The Kier molecular flexibility index (Phi) is 11.6. The molecule has 0 spiro atoms. The highest BCUT2D eigenvalue weighted by Gasteiger charge is 2.10. The Bertz CT molecular complexity index is 650. The first-order valence-corrected chi connectivity index (χ1v) is 9.96. The number of unbranched alkanes of at least 4 members (excludes halogenated alkanes) is 1. The van der Waals surface area contributed by atoms with Crippen molar-refractivity contribution in [3.8, 4) is 0 Å². The molecule has 0 aliphatic carbocycles.